The molecule has 0 aliphatic heterocycles. The van der Waals surface area contributed by atoms with Crippen LogP contribution in [0.4, 0.5) is 0 Å². The van der Waals surface area contributed by atoms with Gasteiger partial charge in [0.2, 0.25) is 0 Å². The molecular weight excluding hydrogens is 462 g/mol. The molecule has 0 saturated carbocycles. The standard InChI is InChI=1S/C27H21N3O4S/c1-33-21-13-11-19(12-14-21)25-28-20(17-35-25)16-34-27(32)24-22-9-5-6-10-23(22)26(31)30(29-24)15-18-7-3-2-4-8-18/h2-14,17H,15-16H2,1H3. The van der Waals surface area contributed by atoms with Gasteiger partial charge in [0.1, 0.15) is 17.4 Å². The van der Waals surface area contributed by atoms with Crippen molar-refractivity contribution in [2.45, 2.75) is 13.2 Å². The van der Waals surface area contributed by atoms with Crippen molar-refractivity contribution in [2.24, 2.45) is 0 Å². The fourth-order valence-corrected chi connectivity index (χ4v) is 4.51. The van der Waals surface area contributed by atoms with E-state index in [1.54, 1.807) is 31.4 Å². The Morgan fingerprint density at radius 2 is 1.66 bits per heavy atom. The number of hydrogen-bond acceptors (Lipinski definition) is 7. The normalized spacial score (nSPS) is 10.9. The SMILES string of the molecule is COc1ccc(-c2nc(COC(=O)c3nn(Cc4ccccc4)c(=O)c4ccccc34)cs2)cc1. The lowest BCUT2D eigenvalue weighted by atomic mass is 10.1. The first-order valence-electron chi connectivity index (χ1n) is 10.9. The summed E-state index contributed by atoms with van der Waals surface area (Å²) in [6, 6.07) is 24.0. The fraction of sp³-hybridized carbons (Fsp3) is 0.111. The maximum Gasteiger partial charge on any atom is 0.359 e. The monoisotopic (exact) mass is 483 g/mol. The molecule has 0 atom stereocenters. The fourth-order valence-electron chi connectivity index (χ4n) is 3.70. The van der Waals surface area contributed by atoms with Gasteiger partial charge in [0.15, 0.2) is 5.69 Å². The number of carbonyl (C=O) groups excluding carboxylic acids is 1. The van der Waals surface area contributed by atoms with Crippen LogP contribution in [0.3, 0.4) is 0 Å². The summed E-state index contributed by atoms with van der Waals surface area (Å²) in [7, 11) is 1.62. The molecule has 0 bridgehead atoms. The third-order valence-corrected chi connectivity index (χ3v) is 6.42. The van der Waals surface area contributed by atoms with E-state index in [0.29, 0.717) is 16.5 Å². The third-order valence-electron chi connectivity index (χ3n) is 5.48. The molecule has 0 radical (unpaired) electrons. The number of fused-ring (bicyclic) bond motifs is 1. The smallest absolute Gasteiger partial charge is 0.359 e. The Bertz CT molecular complexity index is 1540. The Labute approximate surface area is 205 Å². The van der Waals surface area contributed by atoms with Gasteiger partial charge in [-0.3, -0.25) is 4.79 Å². The van der Waals surface area contributed by atoms with Crippen LogP contribution in [-0.4, -0.2) is 27.8 Å². The van der Waals surface area contributed by atoms with Crippen LogP contribution >= 0.6 is 11.3 Å². The molecule has 3 aromatic carbocycles. The van der Waals surface area contributed by atoms with Gasteiger partial charge in [-0.05, 0) is 35.9 Å². The minimum atomic E-state index is -0.609. The van der Waals surface area contributed by atoms with Crippen molar-refractivity contribution in [3.05, 3.63) is 112 Å². The van der Waals surface area contributed by atoms with E-state index in [9.17, 15) is 9.59 Å². The van der Waals surface area contributed by atoms with Gasteiger partial charge in [0.05, 0.1) is 24.7 Å². The van der Waals surface area contributed by atoms with Crippen LogP contribution in [0, 0.1) is 0 Å². The number of nitrogens with zero attached hydrogens (tertiary/aromatic N) is 3. The quantitative estimate of drug-likeness (QED) is 0.305. The molecule has 5 aromatic rings. The summed E-state index contributed by atoms with van der Waals surface area (Å²) in [6.45, 7) is 0.251. The number of esters is 1. The number of thiazole rings is 1. The van der Waals surface area contributed by atoms with E-state index in [-0.39, 0.29) is 24.4 Å². The molecule has 35 heavy (non-hydrogen) atoms. The second kappa shape index (κ2) is 9.90. The number of carbonyl (C=O) groups is 1. The van der Waals surface area contributed by atoms with E-state index in [1.807, 2.05) is 60.0 Å². The van der Waals surface area contributed by atoms with Gasteiger partial charge in [-0.1, -0.05) is 48.5 Å². The van der Waals surface area contributed by atoms with Crippen LogP contribution in [-0.2, 0) is 17.9 Å². The molecule has 0 amide bonds. The van der Waals surface area contributed by atoms with Gasteiger partial charge >= 0.3 is 5.97 Å². The highest BCUT2D eigenvalue weighted by atomic mass is 32.1. The van der Waals surface area contributed by atoms with E-state index < -0.39 is 5.97 Å². The van der Waals surface area contributed by atoms with Crippen LogP contribution < -0.4 is 10.3 Å². The van der Waals surface area contributed by atoms with Gasteiger partial charge in [-0.25, -0.2) is 14.5 Å². The minimum Gasteiger partial charge on any atom is -0.497 e. The van der Waals surface area contributed by atoms with Gasteiger partial charge in [0.25, 0.3) is 5.56 Å². The molecule has 0 aliphatic rings. The Hall–Kier alpha value is -4.30. The first kappa shape index (κ1) is 22.5. The molecule has 2 heterocycles. The average molecular weight is 484 g/mol. The Balaban J connectivity index is 1.38. The summed E-state index contributed by atoms with van der Waals surface area (Å²) in [5.74, 6) is 0.162. The van der Waals surface area contributed by atoms with Gasteiger partial charge in [0, 0.05) is 16.3 Å². The molecule has 0 fully saturated rings. The maximum absolute atomic E-state index is 13.1. The molecule has 0 saturated heterocycles. The summed E-state index contributed by atoms with van der Waals surface area (Å²) >= 11 is 1.47. The van der Waals surface area contributed by atoms with Crippen molar-refractivity contribution in [3.8, 4) is 16.3 Å². The second-order valence-corrected chi connectivity index (χ2v) is 8.65. The van der Waals surface area contributed by atoms with Gasteiger partial charge in [-0.15, -0.1) is 11.3 Å². The summed E-state index contributed by atoms with van der Waals surface area (Å²) in [4.78, 5) is 30.6. The molecular formula is C27H21N3O4S. The number of aromatic nitrogens is 3. The number of methoxy groups -OCH3 is 1. The van der Waals surface area contributed by atoms with Crippen LogP contribution in [0.25, 0.3) is 21.3 Å². The van der Waals surface area contributed by atoms with E-state index in [0.717, 1.165) is 21.9 Å². The van der Waals surface area contributed by atoms with Gasteiger partial charge < -0.3 is 9.47 Å². The summed E-state index contributed by atoms with van der Waals surface area (Å²) in [6.07, 6.45) is 0. The molecule has 2 aromatic heterocycles. The van der Waals surface area contributed by atoms with Crippen molar-refractivity contribution in [1.29, 1.82) is 0 Å². The van der Waals surface area contributed by atoms with Crippen LogP contribution in [0.5, 0.6) is 5.75 Å². The zero-order chi connectivity index (χ0) is 24.2. The lowest BCUT2D eigenvalue weighted by Crippen LogP contribution is -2.27. The van der Waals surface area contributed by atoms with E-state index in [1.165, 1.54) is 16.0 Å². The Morgan fingerprint density at radius 1 is 0.943 bits per heavy atom. The predicted molar refractivity (Wildman–Crippen MR) is 135 cm³/mol. The number of ether oxygens (including phenoxy) is 2. The van der Waals surface area contributed by atoms with E-state index in [2.05, 4.69) is 10.1 Å². The molecule has 174 valence electrons. The van der Waals surface area contributed by atoms with E-state index >= 15 is 0 Å². The summed E-state index contributed by atoms with van der Waals surface area (Å²) in [5.41, 5.74) is 2.33. The molecule has 7 nitrogen and oxygen atoms in total. The summed E-state index contributed by atoms with van der Waals surface area (Å²) < 4.78 is 12.1. The molecule has 8 heteroatoms. The largest absolute Gasteiger partial charge is 0.497 e. The van der Waals surface area contributed by atoms with Crippen LogP contribution in [0.2, 0.25) is 0 Å². The zero-order valence-corrected chi connectivity index (χ0v) is 19.7. The molecule has 0 N–H and O–H groups in total. The van der Waals surface area contributed by atoms with Crippen LogP contribution in [0.15, 0.2) is 89.0 Å². The number of benzene rings is 3. The summed E-state index contributed by atoms with van der Waals surface area (Å²) in [5, 5.41) is 7.93. The average Bonchev–Trinajstić information content (AvgIpc) is 3.39. The van der Waals surface area contributed by atoms with E-state index in [4.69, 9.17) is 9.47 Å². The molecule has 0 aliphatic carbocycles. The first-order valence-corrected chi connectivity index (χ1v) is 11.8. The maximum atomic E-state index is 13.1. The Morgan fingerprint density at radius 3 is 2.40 bits per heavy atom. The lowest BCUT2D eigenvalue weighted by molar-refractivity contribution is 0.0461. The first-order chi connectivity index (χ1) is 17.1. The zero-order valence-electron chi connectivity index (χ0n) is 18.9. The van der Waals surface area contributed by atoms with Crippen molar-refractivity contribution in [3.63, 3.8) is 0 Å². The Kier molecular flexibility index (Phi) is 6.36. The number of rotatable bonds is 7. The van der Waals surface area contributed by atoms with Crippen molar-refractivity contribution >= 4 is 28.1 Å². The second-order valence-electron chi connectivity index (χ2n) is 7.79. The van der Waals surface area contributed by atoms with Crippen LogP contribution in [0.1, 0.15) is 21.7 Å². The molecule has 0 spiro atoms. The highest BCUT2D eigenvalue weighted by molar-refractivity contribution is 7.13. The van der Waals surface area contributed by atoms with Crippen molar-refractivity contribution in [2.75, 3.05) is 7.11 Å². The lowest BCUT2D eigenvalue weighted by Gasteiger charge is -2.11. The third kappa shape index (κ3) is 4.83. The number of hydrogen-bond donors (Lipinski definition) is 0. The molecule has 5 rings (SSSR count). The highest BCUT2D eigenvalue weighted by Gasteiger charge is 2.19. The minimum absolute atomic E-state index is 0.000688. The van der Waals surface area contributed by atoms with Crippen molar-refractivity contribution < 1.29 is 14.3 Å². The topological polar surface area (TPSA) is 83.3 Å². The highest BCUT2D eigenvalue weighted by Crippen LogP contribution is 2.26. The molecule has 0 unspecified atom stereocenters. The predicted octanol–water partition coefficient (Wildman–Crippen LogP) is 4.93. The van der Waals surface area contributed by atoms with Crippen molar-refractivity contribution in [1.82, 2.24) is 14.8 Å². The van der Waals surface area contributed by atoms with Gasteiger partial charge in [-0.2, -0.15) is 5.10 Å².